The summed E-state index contributed by atoms with van der Waals surface area (Å²) < 4.78 is 11.6. The summed E-state index contributed by atoms with van der Waals surface area (Å²) in [6.45, 7) is 0. The van der Waals surface area contributed by atoms with Crippen LogP contribution in [0.1, 0.15) is 22.1 Å². The van der Waals surface area contributed by atoms with E-state index in [1.165, 1.54) is 13.3 Å². The third-order valence-electron chi connectivity index (χ3n) is 2.21. The van der Waals surface area contributed by atoms with Crippen molar-refractivity contribution in [1.82, 2.24) is 4.98 Å². The number of fused-ring (bicyclic) bond motifs is 1. The van der Waals surface area contributed by atoms with Gasteiger partial charge in [0.2, 0.25) is 0 Å². The highest BCUT2D eigenvalue weighted by atomic mass is 16.5. The molecule has 4 nitrogen and oxygen atoms in total. The van der Waals surface area contributed by atoms with Crippen LogP contribution in [0.2, 0.25) is 0 Å². The predicted molar refractivity (Wildman–Crippen MR) is 55.0 cm³/mol. The molecule has 0 spiro atoms. The van der Waals surface area contributed by atoms with Crippen molar-refractivity contribution in [3.8, 4) is 0 Å². The second kappa shape index (κ2) is 3.57. The number of aromatic amines is 1. The zero-order valence-electron chi connectivity index (χ0n) is 9.03. The average molecular weight is 204 g/mol. The molecule has 0 aliphatic rings. The van der Waals surface area contributed by atoms with E-state index in [4.69, 9.17) is 1.37 Å². The lowest BCUT2D eigenvalue weighted by Gasteiger charge is -1.98. The smallest absolute Gasteiger partial charge is 0.337 e. The number of hydrogen-bond acceptors (Lipinski definition) is 3. The normalized spacial score (nSPS) is 11.1. The lowest BCUT2D eigenvalue weighted by molar-refractivity contribution is 0.0601. The van der Waals surface area contributed by atoms with Crippen molar-refractivity contribution in [2.24, 2.45) is 0 Å². The van der Waals surface area contributed by atoms with Gasteiger partial charge in [-0.2, -0.15) is 0 Å². The maximum Gasteiger partial charge on any atom is 0.337 e. The van der Waals surface area contributed by atoms with Crippen LogP contribution in [-0.4, -0.2) is 24.3 Å². The lowest BCUT2D eigenvalue weighted by atomic mass is 10.1. The van der Waals surface area contributed by atoms with Crippen LogP contribution in [0.5, 0.6) is 0 Å². The Bertz CT molecular complexity index is 574. The first kappa shape index (κ1) is 8.23. The number of aldehydes is 1. The van der Waals surface area contributed by atoms with Gasteiger partial charge in [0.15, 0.2) is 6.26 Å². The number of carbonyl (C=O) groups excluding carboxylic acids is 2. The Morgan fingerprint density at radius 2 is 2.40 bits per heavy atom. The second-order valence-electron chi connectivity index (χ2n) is 3.06. The van der Waals surface area contributed by atoms with E-state index in [1.807, 2.05) is 0 Å². The monoisotopic (exact) mass is 204 g/mol. The number of carbonyl (C=O) groups is 2. The Labute approximate surface area is 87.3 Å². The molecule has 0 aliphatic heterocycles. The average Bonchev–Trinajstić information content (AvgIpc) is 2.70. The molecule has 1 N–H and O–H groups in total. The standard InChI is InChI=1S/C11H9NO3/c1-15-11(14)7-2-3-9-8(6-13)5-12-10(9)4-7/h2-6,12H,1H3/i6D. The number of hydrogen-bond donors (Lipinski definition) is 1. The van der Waals surface area contributed by atoms with E-state index in [1.54, 1.807) is 18.2 Å². The van der Waals surface area contributed by atoms with Crippen LogP contribution in [0.15, 0.2) is 24.4 Å². The summed E-state index contributed by atoms with van der Waals surface area (Å²) in [5, 5.41) is 0.632. The van der Waals surface area contributed by atoms with Crippen molar-refractivity contribution >= 4 is 23.1 Å². The topological polar surface area (TPSA) is 59.2 Å². The van der Waals surface area contributed by atoms with Gasteiger partial charge in [-0.25, -0.2) is 4.79 Å². The summed E-state index contributed by atoms with van der Waals surface area (Å²) in [5.74, 6) is -0.435. The summed E-state index contributed by atoms with van der Waals surface area (Å²) in [7, 11) is 1.31. The number of ether oxygens (including phenoxy) is 1. The predicted octanol–water partition coefficient (Wildman–Crippen LogP) is 1.77. The summed E-state index contributed by atoms with van der Waals surface area (Å²) in [4.78, 5) is 25.0. The minimum atomic E-state index is -0.753. The van der Waals surface area contributed by atoms with Crippen LogP contribution in [0, 0.1) is 0 Å². The molecule has 0 saturated carbocycles. The van der Waals surface area contributed by atoms with E-state index in [2.05, 4.69) is 9.72 Å². The fourth-order valence-electron chi connectivity index (χ4n) is 1.46. The Morgan fingerprint density at radius 1 is 1.60 bits per heavy atom. The quantitative estimate of drug-likeness (QED) is 0.599. The SMILES string of the molecule is [2H]C(=O)c1c[nH]c2cc(C(=O)OC)ccc12. The van der Waals surface area contributed by atoms with Crippen molar-refractivity contribution in [2.45, 2.75) is 0 Å². The van der Waals surface area contributed by atoms with Crippen LogP contribution in [0.25, 0.3) is 10.9 Å². The van der Waals surface area contributed by atoms with Gasteiger partial charge in [0, 0.05) is 22.7 Å². The number of benzene rings is 1. The van der Waals surface area contributed by atoms with E-state index in [0.29, 0.717) is 22.0 Å². The van der Waals surface area contributed by atoms with E-state index < -0.39 is 12.2 Å². The van der Waals surface area contributed by atoms with E-state index >= 15 is 0 Å². The lowest BCUT2D eigenvalue weighted by Crippen LogP contribution is -2.00. The minimum absolute atomic E-state index is 0.298. The van der Waals surface area contributed by atoms with Crippen molar-refractivity contribution in [1.29, 1.82) is 0 Å². The number of nitrogens with one attached hydrogen (secondary N) is 1. The Morgan fingerprint density at radius 3 is 3.07 bits per heavy atom. The summed E-state index contributed by atoms with van der Waals surface area (Å²) >= 11 is 0. The molecule has 0 radical (unpaired) electrons. The number of methoxy groups -OCH3 is 1. The molecule has 4 heteroatoms. The fourth-order valence-corrected chi connectivity index (χ4v) is 1.46. The molecule has 0 amide bonds. The highest BCUT2D eigenvalue weighted by Gasteiger charge is 2.08. The number of H-pyrrole nitrogens is 1. The molecule has 0 unspecified atom stereocenters. The van der Waals surface area contributed by atoms with Crippen LogP contribution in [-0.2, 0) is 4.74 Å². The van der Waals surface area contributed by atoms with Crippen LogP contribution < -0.4 is 0 Å². The van der Waals surface area contributed by atoms with E-state index in [-0.39, 0.29) is 0 Å². The zero-order chi connectivity index (χ0) is 11.7. The van der Waals surface area contributed by atoms with Gasteiger partial charge in [-0.3, -0.25) is 4.79 Å². The van der Waals surface area contributed by atoms with Crippen LogP contribution >= 0.6 is 0 Å². The van der Waals surface area contributed by atoms with E-state index in [9.17, 15) is 9.59 Å². The van der Waals surface area contributed by atoms with Gasteiger partial charge in [0.25, 0.3) is 0 Å². The molecule has 0 fully saturated rings. The minimum Gasteiger partial charge on any atom is -0.465 e. The largest absolute Gasteiger partial charge is 0.465 e. The summed E-state index contributed by atoms with van der Waals surface area (Å²) in [6, 6.07) is 4.78. The van der Waals surface area contributed by atoms with Crippen LogP contribution in [0.3, 0.4) is 0 Å². The Hall–Kier alpha value is -2.10. The molecule has 0 aliphatic carbocycles. The third-order valence-corrected chi connectivity index (χ3v) is 2.21. The molecule has 1 aromatic heterocycles. The first-order valence-electron chi connectivity index (χ1n) is 4.84. The highest BCUT2D eigenvalue weighted by molar-refractivity contribution is 6.00. The first-order valence-corrected chi connectivity index (χ1v) is 4.34. The first-order chi connectivity index (χ1) is 7.63. The number of aromatic nitrogens is 1. The van der Waals surface area contributed by atoms with Crippen LogP contribution in [0.4, 0.5) is 0 Å². The fraction of sp³-hybridized carbons (Fsp3) is 0.0909. The van der Waals surface area contributed by atoms with Gasteiger partial charge >= 0.3 is 5.97 Å². The molecule has 2 rings (SSSR count). The maximum atomic E-state index is 11.3. The molecular formula is C11H9NO3. The molecule has 0 saturated heterocycles. The van der Waals surface area contributed by atoms with Crippen molar-refractivity contribution in [3.63, 3.8) is 0 Å². The highest BCUT2D eigenvalue weighted by Crippen LogP contribution is 2.18. The molecule has 0 bridgehead atoms. The van der Waals surface area contributed by atoms with Crippen molar-refractivity contribution < 1.29 is 15.7 Å². The molecule has 15 heavy (non-hydrogen) atoms. The molecule has 76 valence electrons. The molecular weight excluding hydrogens is 194 g/mol. The molecule has 1 heterocycles. The number of rotatable bonds is 2. The van der Waals surface area contributed by atoms with Gasteiger partial charge in [0.05, 0.1) is 12.7 Å². The number of esters is 1. The maximum absolute atomic E-state index is 11.3. The third kappa shape index (κ3) is 1.50. The zero-order valence-corrected chi connectivity index (χ0v) is 8.03. The van der Waals surface area contributed by atoms with Gasteiger partial charge < -0.3 is 9.72 Å². The van der Waals surface area contributed by atoms with Crippen molar-refractivity contribution in [3.05, 3.63) is 35.5 Å². The molecule has 1 aromatic carbocycles. The Kier molecular flexibility index (Phi) is 1.96. The summed E-state index contributed by atoms with van der Waals surface area (Å²) in [6.07, 6.45) is 0.707. The molecule has 2 aromatic rings. The van der Waals surface area contributed by atoms with Gasteiger partial charge in [-0.15, -0.1) is 0 Å². The second-order valence-corrected chi connectivity index (χ2v) is 3.06. The van der Waals surface area contributed by atoms with Gasteiger partial charge in [-0.1, -0.05) is 6.07 Å². The van der Waals surface area contributed by atoms with Crippen molar-refractivity contribution in [2.75, 3.05) is 7.11 Å². The molecule has 0 atom stereocenters. The summed E-state index contributed by atoms with van der Waals surface area (Å²) in [5.41, 5.74) is 1.34. The van der Waals surface area contributed by atoms with Gasteiger partial charge in [0.1, 0.15) is 1.37 Å². The Balaban J connectivity index is 2.57. The van der Waals surface area contributed by atoms with E-state index in [0.717, 1.165) is 0 Å². The van der Waals surface area contributed by atoms with Gasteiger partial charge in [-0.05, 0) is 12.1 Å².